The van der Waals surface area contributed by atoms with E-state index in [1.165, 1.54) is 25.2 Å². The first-order valence-corrected chi connectivity index (χ1v) is 8.01. The van der Waals surface area contributed by atoms with Crippen molar-refractivity contribution in [3.05, 3.63) is 45.8 Å². The van der Waals surface area contributed by atoms with Gasteiger partial charge in [0, 0.05) is 7.05 Å². The fourth-order valence-electron chi connectivity index (χ4n) is 2.21. The van der Waals surface area contributed by atoms with Crippen molar-refractivity contribution in [2.24, 2.45) is 7.05 Å². The van der Waals surface area contributed by atoms with E-state index in [1.807, 2.05) is 0 Å². The number of aromatic nitrogens is 5. The van der Waals surface area contributed by atoms with Crippen molar-refractivity contribution in [3.63, 3.8) is 0 Å². The minimum Gasteiger partial charge on any atom is -0.478 e. The number of halogens is 3. The Labute approximate surface area is 147 Å². The van der Waals surface area contributed by atoms with Gasteiger partial charge in [0.05, 0.1) is 22.2 Å². The van der Waals surface area contributed by atoms with E-state index in [-0.39, 0.29) is 33.2 Å². The van der Waals surface area contributed by atoms with Gasteiger partial charge >= 0.3 is 12.1 Å². The highest BCUT2D eigenvalue weighted by atomic mass is 32.2. The van der Waals surface area contributed by atoms with Crippen molar-refractivity contribution < 1.29 is 23.1 Å². The number of aromatic carboxylic acids is 1. The van der Waals surface area contributed by atoms with Crippen LogP contribution < -0.4 is 5.56 Å². The summed E-state index contributed by atoms with van der Waals surface area (Å²) in [6.07, 6.45) is -4.62. The van der Waals surface area contributed by atoms with Crippen molar-refractivity contribution in [2.45, 2.75) is 17.1 Å². The fourth-order valence-corrected chi connectivity index (χ4v) is 2.99. The molecule has 3 aromatic rings. The normalized spacial score (nSPS) is 11.8. The first kappa shape index (κ1) is 17.9. The highest BCUT2D eigenvalue weighted by Crippen LogP contribution is 2.30. The average molecular weight is 385 g/mol. The molecule has 2 aromatic heterocycles. The van der Waals surface area contributed by atoms with Crippen molar-refractivity contribution >= 4 is 28.6 Å². The molecule has 0 fully saturated rings. The molecule has 0 atom stereocenters. The zero-order chi connectivity index (χ0) is 19.1. The Morgan fingerprint density at radius 1 is 1.35 bits per heavy atom. The molecule has 0 amide bonds. The third-order valence-electron chi connectivity index (χ3n) is 3.43. The molecule has 12 heteroatoms. The average Bonchev–Trinajstić information content (AvgIpc) is 2.93. The smallest absolute Gasteiger partial charge is 0.451 e. The Balaban J connectivity index is 1.89. The number of carbonyl (C=O) groups is 1. The lowest BCUT2D eigenvalue weighted by Crippen LogP contribution is -2.13. The molecular weight excluding hydrogens is 375 g/mol. The minimum absolute atomic E-state index is 0.000595. The molecule has 2 N–H and O–H groups in total. The summed E-state index contributed by atoms with van der Waals surface area (Å²) in [5.74, 6) is -2.10. The second-order valence-electron chi connectivity index (χ2n) is 5.20. The van der Waals surface area contributed by atoms with Gasteiger partial charge in [-0.25, -0.2) is 9.78 Å². The summed E-state index contributed by atoms with van der Waals surface area (Å²) >= 11 is 0.905. The standard InChI is InChI=1S/C14H10F3N5O3S/c1-22-12(14(15,16)17)20-21-13(22)26-5-9-18-8-4-6(11(24)25)2-3-7(8)10(23)19-9/h2-4H,5H2,1H3,(H,24,25)(H,18,19,23). The largest absolute Gasteiger partial charge is 0.478 e. The molecule has 2 heterocycles. The van der Waals surface area contributed by atoms with Gasteiger partial charge < -0.3 is 14.7 Å². The van der Waals surface area contributed by atoms with Crippen LogP contribution >= 0.6 is 11.8 Å². The molecule has 1 aromatic carbocycles. The van der Waals surface area contributed by atoms with Gasteiger partial charge in [-0.05, 0) is 18.2 Å². The molecule has 136 valence electrons. The molecule has 0 aliphatic rings. The number of rotatable bonds is 4. The van der Waals surface area contributed by atoms with E-state index in [2.05, 4.69) is 20.2 Å². The quantitative estimate of drug-likeness (QED) is 0.661. The number of carboxylic acids is 1. The van der Waals surface area contributed by atoms with Crippen LogP contribution in [0.3, 0.4) is 0 Å². The summed E-state index contributed by atoms with van der Waals surface area (Å²) in [4.78, 5) is 29.7. The van der Waals surface area contributed by atoms with E-state index in [9.17, 15) is 22.8 Å². The van der Waals surface area contributed by atoms with E-state index in [0.717, 1.165) is 16.3 Å². The monoisotopic (exact) mass is 385 g/mol. The topological polar surface area (TPSA) is 114 Å². The minimum atomic E-state index is -4.62. The highest BCUT2D eigenvalue weighted by molar-refractivity contribution is 7.98. The molecule has 0 saturated heterocycles. The number of hydrogen-bond donors (Lipinski definition) is 2. The number of alkyl halides is 3. The van der Waals surface area contributed by atoms with Gasteiger partial charge in [-0.1, -0.05) is 11.8 Å². The van der Waals surface area contributed by atoms with Crippen LogP contribution in [-0.2, 0) is 19.0 Å². The van der Waals surface area contributed by atoms with Crippen molar-refractivity contribution in [1.82, 2.24) is 24.7 Å². The molecule has 0 saturated carbocycles. The van der Waals surface area contributed by atoms with Gasteiger partial charge in [0.1, 0.15) is 5.82 Å². The fraction of sp³-hybridized carbons (Fsp3) is 0.214. The van der Waals surface area contributed by atoms with Gasteiger partial charge in [-0.2, -0.15) is 13.2 Å². The van der Waals surface area contributed by atoms with Gasteiger partial charge in [-0.3, -0.25) is 4.79 Å². The van der Waals surface area contributed by atoms with Gasteiger partial charge in [-0.15, -0.1) is 10.2 Å². The number of fused-ring (bicyclic) bond motifs is 1. The van der Waals surface area contributed by atoms with Crippen molar-refractivity contribution in [3.8, 4) is 0 Å². The number of nitrogens with zero attached hydrogens (tertiary/aromatic N) is 4. The number of aromatic amines is 1. The summed E-state index contributed by atoms with van der Waals surface area (Å²) in [6.45, 7) is 0. The Morgan fingerprint density at radius 2 is 2.08 bits per heavy atom. The third-order valence-corrected chi connectivity index (χ3v) is 4.46. The van der Waals surface area contributed by atoms with E-state index < -0.39 is 23.5 Å². The Kier molecular flexibility index (Phi) is 4.44. The molecule has 26 heavy (non-hydrogen) atoms. The lowest BCUT2D eigenvalue weighted by atomic mass is 10.1. The summed E-state index contributed by atoms with van der Waals surface area (Å²) in [7, 11) is 1.18. The van der Waals surface area contributed by atoms with Gasteiger partial charge in [0.25, 0.3) is 5.56 Å². The van der Waals surface area contributed by atoms with Crippen LogP contribution in [0.5, 0.6) is 0 Å². The predicted molar refractivity (Wildman–Crippen MR) is 84.9 cm³/mol. The number of carboxylic acid groups (broad SMARTS) is 1. The Hall–Kier alpha value is -2.89. The van der Waals surface area contributed by atoms with Crippen molar-refractivity contribution in [1.29, 1.82) is 0 Å². The first-order chi connectivity index (χ1) is 12.2. The zero-order valence-corrected chi connectivity index (χ0v) is 13.9. The van der Waals surface area contributed by atoms with Crippen molar-refractivity contribution in [2.75, 3.05) is 0 Å². The number of H-pyrrole nitrogens is 1. The van der Waals surface area contributed by atoms with Gasteiger partial charge in [0.15, 0.2) is 5.16 Å². The molecule has 8 nitrogen and oxygen atoms in total. The maximum atomic E-state index is 12.7. The molecule has 0 aliphatic heterocycles. The molecular formula is C14H10F3N5O3S. The van der Waals surface area contributed by atoms with E-state index in [1.54, 1.807) is 0 Å². The van der Waals surface area contributed by atoms with Crippen LogP contribution in [-0.4, -0.2) is 35.8 Å². The maximum Gasteiger partial charge on any atom is 0.451 e. The summed E-state index contributed by atoms with van der Waals surface area (Å²) in [5.41, 5.74) is -0.327. The second-order valence-corrected chi connectivity index (χ2v) is 6.14. The van der Waals surface area contributed by atoms with Crippen LogP contribution in [0.4, 0.5) is 13.2 Å². The third kappa shape index (κ3) is 3.40. The molecule has 0 radical (unpaired) electrons. The number of thioether (sulfide) groups is 1. The van der Waals surface area contributed by atoms with Crippen LogP contribution in [0.25, 0.3) is 10.9 Å². The lowest BCUT2D eigenvalue weighted by molar-refractivity contribution is -0.147. The van der Waals surface area contributed by atoms with Crippen LogP contribution in [0.1, 0.15) is 22.0 Å². The van der Waals surface area contributed by atoms with E-state index in [4.69, 9.17) is 5.11 Å². The Morgan fingerprint density at radius 3 is 2.69 bits per heavy atom. The van der Waals surface area contributed by atoms with Crippen LogP contribution in [0.2, 0.25) is 0 Å². The number of hydrogen-bond acceptors (Lipinski definition) is 6. The SMILES string of the molecule is Cn1c(SCc2nc3cc(C(=O)O)ccc3c(=O)[nH]2)nnc1C(F)(F)F. The first-order valence-electron chi connectivity index (χ1n) is 7.02. The summed E-state index contributed by atoms with van der Waals surface area (Å²) < 4.78 is 38.9. The number of benzene rings is 1. The Bertz CT molecular complexity index is 1060. The van der Waals surface area contributed by atoms with E-state index in [0.29, 0.717) is 0 Å². The predicted octanol–water partition coefficient (Wildman–Crippen LogP) is 2.06. The van der Waals surface area contributed by atoms with Gasteiger partial charge in [0.2, 0.25) is 5.82 Å². The maximum absolute atomic E-state index is 12.7. The zero-order valence-electron chi connectivity index (χ0n) is 13.0. The molecule has 0 spiro atoms. The molecule has 3 rings (SSSR count). The number of nitrogens with one attached hydrogen (secondary N) is 1. The van der Waals surface area contributed by atoms with Crippen LogP contribution in [0, 0.1) is 0 Å². The van der Waals surface area contributed by atoms with Crippen LogP contribution in [0.15, 0.2) is 28.2 Å². The van der Waals surface area contributed by atoms with E-state index >= 15 is 0 Å². The highest BCUT2D eigenvalue weighted by Gasteiger charge is 2.37. The molecule has 0 unspecified atom stereocenters. The summed E-state index contributed by atoms with van der Waals surface area (Å²) in [5, 5.41) is 15.8. The summed E-state index contributed by atoms with van der Waals surface area (Å²) in [6, 6.07) is 3.89. The second kappa shape index (κ2) is 6.44. The lowest BCUT2D eigenvalue weighted by Gasteiger charge is -2.06. The molecule has 0 aliphatic carbocycles. The molecule has 0 bridgehead atoms.